The molecule has 0 radical (unpaired) electrons. The van der Waals surface area contributed by atoms with E-state index in [4.69, 9.17) is 4.74 Å². The van der Waals surface area contributed by atoms with Gasteiger partial charge in [0.2, 0.25) is 29.3 Å². The molecule has 0 aromatic heterocycles. The molecular formula is C26H33N3O7. The summed E-state index contributed by atoms with van der Waals surface area (Å²) in [7, 11) is 0. The molecule has 0 heterocycles. The summed E-state index contributed by atoms with van der Waals surface area (Å²) in [6.07, 6.45) is 3.81. The molecule has 10 heteroatoms. The normalized spacial score (nSPS) is 12.3. The maximum absolute atomic E-state index is 12.0. The van der Waals surface area contributed by atoms with Gasteiger partial charge in [0, 0.05) is 62.5 Å². The van der Waals surface area contributed by atoms with E-state index in [1.807, 2.05) is 0 Å². The molecule has 0 atom stereocenters. The lowest BCUT2D eigenvalue weighted by Crippen LogP contribution is -2.32. The molecule has 0 bridgehead atoms. The first kappa shape index (κ1) is 28.4. The van der Waals surface area contributed by atoms with Crippen LogP contribution in [0.4, 0.5) is 0 Å². The smallest absolute Gasteiger partial charge is 0.233 e. The number of hydrogen-bond acceptors (Lipinski definition) is 7. The van der Waals surface area contributed by atoms with E-state index in [0.717, 1.165) is 0 Å². The van der Waals surface area contributed by atoms with E-state index in [1.165, 1.54) is 13.0 Å². The molecule has 36 heavy (non-hydrogen) atoms. The van der Waals surface area contributed by atoms with Crippen LogP contribution in [-0.4, -0.2) is 61.3 Å². The molecule has 1 aliphatic carbocycles. The van der Waals surface area contributed by atoms with Crippen LogP contribution in [0.1, 0.15) is 67.8 Å². The Morgan fingerprint density at radius 2 is 1.31 bits per heavy atom. The van der Waals surface area contributed by atoms with E-state index in [0.29, 0.717) is 62.3 Å². The molecular weight excluding hydrogens is 466 g/mol. The van der Waals surface area contributed by atoms with Crippen LogP contribution in [0.15, 0.2) is 30.3 Å². The van der Waals surface area contributed by atoms with Gasteiger partial charge in [-0.2, -0.15) is 0 Å². The highest BCUT2D eigenvalue weighted by molar-refractivity contribution is 6.50. The van der Waals surface area contributed by atoms with Crippen molar-refractivity contribution in [1.82, 2.24) is 16.0 Å². The van der Waals surface area contributed by atoms with Crippen molar-refractivity contribution in [2.24, 2.45) is 0 Å². The van der Waals surface area contributed by atoms with Crippen LogP contribution in [0.25, 0.3) is 5.76 Å². The minimum atomic E-state index is -0.612. The molecule has 0 fully saturated rings. The van der Waals surface area contributed by atoms with Crippen molar-refractivity contribution < 1.29 is 33.5 Å². The fourth-order valence-corrected chi connectivity index (χ4v) is 3.42. The number of allylic oxidation sites excluding steroid dienone is 1. The SMILES string of the molecule is CC(=O)CCNC(=O)CCCNC(=O)CCNC(=O)CCCCOC1=CC(=O)C(=O)c2ccccc21. The summed E-state index contributed by atoms with van der Waals surface area (Å²) in [5, 5.41) is 8.03. The standard InChI is InChI=1S/C26H33N3O7/c1-18(30)11-14-28-24(33)10-6-13-27-25(34)12-15-29-23(32)9-4-5-16-36-22-17-21(31)26(35)20-8-3-2-7-19(20)22/h2-3,7-8,17H,4-6,9-16H2,1H3,(H,27,34)(H,28,33)(H,29,32). The molecule has 194 valence electrons. The number of ether oxygens (including phenoxy) is 1. The zero-order valence-electron chi connectivity index (χ0n) is 20.5. The number of nitrogens with one attached hydrogen (secondary N) is 3. The molecule has 10 nitrogen and oxygen atoms in total. The van der Waals surface area contributed by atoms with Crippen molar-refractivity contribution in [2.45, 2.75) is 51.9 Å². The predicted octanol–water partition coefficient (Wildman–Crippen LogP) is 1.48. The van der Waals surface area contributed by atoms with Crippen molar-refractivity contribution >= 4 is 40.8 Å². The molecule has 3 amide bonds. The summed E-state index contributed by atoms with van der Waals surface area (Å²) in [6.45, 7) is 2.65. The summed E-state index contributed by atoms with van der Waals surface area (Å²) < 4.78 is 5.68. The monoisotopic (exact) mass is 499 g/mol. The highest BCUT2D eigenvalue weighted by Gasteiger charge is 2.26. The highest BCUT2D eigenvalue weighted by Crippen LogP contribution is 2.25. The molecule has 0 saturated carbocycles. The van der Waals surface area contributed by atoms with Crippen molar-refractivity contribution in [3.8, 4) is 0 Å². The largest absolute Gasteiger partial charge is 0.493 e. The molecule has 3 N–H and O–H groups in total. The van der Waals surface area contributed by atoms with Crippen LogP contribution >= 0.6 is 0 Å². The van der Waals surface area contributed by atoms with Crippen LogP contribution in [-0.2, 0) is 28.7 Å². The number of fused-ring (bicyclic) bond motifs is 1. The van der Waals surface area contributed by atoms with E-state index in [9.17, 15) is 28.8 Å². The second-order valence-corrected chi connectivity index (χ2v) is 8.41. The van der Waals surface area contributed by atoms with Gasteiger partial charge in [0.1, 0.15) is 11.5 Å². The number of rotatable bonds is 16. The van der Waals surface area contributed by atoms with Gasteiger partial charge in [-0.05, 0) is 26.2 Å². The van der Waals surface area contributed by atoms with Gasteiger partial charge in [-0.3, -0.25) is 28.8 Å². The third kappa shape index (κ3) is 10.2. The quantitative estimate of drug-likeness (QED) is 0.230. The maximum Gasteiger partial charge on any atom is 0.233 e. The number of unbranched alkanes of at least 4 members (excludes halogenated alkanes) is 1. The summed E-state index contributed by atoms with van der Waals surface area (Å²) in [6, 6.07) is 6.78. The Kier molecular flexibility index (Phi) is 12.0. The Morgan fingerprint density at radius 3 is 2.00 bits per heavy atom. The minimum Gasteiger partial charge on any atom is -0.493 e. The van der Waals surface area contributed by atoms with E-state index in [-0.39, 0.29) is 49.3 Å². The van der Waals surface area contributed by atoms with Gasteiger partial charge in [-0.1, -0.05) is 24.3 Å². The van der Waals surface area contributed by atoms with Crippen molar-refractivity contribution in [3.05, 3.63) is 41.5 Å². The van der Waals surface area contributed by atoms with Gasteiger partial charge >= 0.3 is 0 Å². The van der Waals surface area contributed by atoms with Gasteiger partial charge in [0.05, 0.1) is 6.61 Å². The van der Waals surface area contributed by atoms with Gasteiger partial charge in [-0.25, -0.2) is 0 Å². The number of hydrogen-bond donors (Lipinski definition) is 3. The van der Waals surface area contributed by atoms with E-state index >= 15 is 0 Å². The molecule has 2 rings (SSSR count). The lowest BCUT2D eigenvalue weighted by atomic mass is 9.94. The second kappa shape index (κ2) is 15.2. The Hall–Kier alpha value is -3.82. The summed E-state index contributed by atoms with van der Waals surface area (Å²) >= 11 is 0. The van der Waals surface area contributed by atoms with E-state index < -0.39 is 11.6 Å². The molecule has 1 aliphatic rings. The van der Waals surface area contributed by atoms with Gasteiger partial charge < -0.3 is 20.7 Å². The highest BCUT2D eigenvalue weighted by atomic mass is 16.5. The fraction of sp³-hybridized carbons (Fsp3) is 0.462. The summed E-state index contributed by atoms with van der Waals surface area (Å²) in [5.74, 6) is -1.33. The lowest BCUT2D eigenvalue weighted by Gasteiger charge is -2.16. The molecule has 0 saturated heterocycles. The summed E-state index contributed by atoms with van der Waals surface area (Å²) in [5.41, 5.74) is 0.918. The van der Waals surface area contributed by atoms with Crippen LogP contribution in [0, 0.1) is 0 Å². The molecule has 0 unspecified atom stereocenters. The molecule has 0 spiro atoms. The number of amides is 3. The Morgan fingerprint density at radius 1 is 0.722 bits per heavy atom. The number of benzene rings is 1. The average molecular weight is 500 g/mol. The first-order chi connectivity index (χ1) is 17.3. The molecule has 1 aromatic carbocycles. The lowest BCUT2D eigenvalue weighted by molar-refractivity contribution is -0.124. The molecule has 0 aliphatic heterocycles. The second-order valence-electron chi connectivity index (χ2n) is 8.41. The third-order valence-electron chi connectivity index (χ3n) is 5.36. The van der Waals surface area contributed by atoms with E-state index in [2.05, 4.69) is 16.0 Å². The van der Waals surface area contributed by atoms with E-state index in [1.54, 1.807) is 24.3 Å². The topological polar surface area (TPSA) is 148 Å². The summed E-state index contributed by atoms with van der Waals surface area (Å²) in [4.78, 5) is 70.0. The van der Waals surface area contributed by atoms with Gasteiger partial charge in [0.25, 0.3) is 0 Å². The number of Topliss-reactive ketones (excluding diaryl/α,β-unsaturated/α-hetero) is 2. The van der Waals surface area contributed by atoms with Crippen molar-refractivity contribution in [2.75, 3.05) is 26.2 Å². The number of ketones is 3. The fourth-order valence-electron chi connectivity index (χ4n) is 3.42. The Labute approximate surface area is 210 Å². The van der Waals surface area contributed by atoms with Gasteiger partial charge in [-0.15, -0.1) is 0 Å². The average Bonchev–Trinajstić information content (AvgIpc) is 2.84. The maximum atomic E-state index is 12.0. The van der Waals surface area contributed by atoms with Crippen molar-refractivity contribution in [1.29, 1.82) is 0 Å². The van der Waals surface area contributed by atoms with Crippen molar-refractivity contribution in [3.63, 3.8) is 0 Å². The van der Waals surface area contributed by atoms with Crippen LogP contribution in [0.3, 0.4) is 0 Å². The number of carbonyl (C=O) groups excluding carboxylic acids is 6. The first-order valence-corrected chi connectivity index (χ1v) is 12.1. The van der Waals surface area contributed by atoms with Crippen LogP contribution in [0.5, 0.6) is 0 Å². The Bertz CT molecular complexity index is 1020. The first-order valence-electron chi connectivity index (χ1n) is 12.1. The zero-order valence-corrected chi connectivity index (χ0v) is 20.5. The zero-order chi connectivity index (χ0) is 26.3. The Balaban J connectivity index is 1.50. The molecule has 1 aromatic rings. The predicted molar refractivity (Wildman–Crippen MR) is 132 cm³/mol. The minimum absolute atomic E-state index is 0.0149. The number of carbonyl (C=O) groups is 6. The third-order valence-corrected chi connectivity index (χ3v) is 5.36. The van der Waals surface area contributed by atoms with Crippen LogP contribution in [0.2, 0.25) is 0 Å². The van der Waals surface area contributed by atoms with Gasteiger partial charge in [0.15, 0.2) is 0 Å². The van der Waals surface area contributed by atoms with Crippen LogP contribution < -0.4 is 16.0 Å².